The molecule has 0 aliphatic heterocycles. The first kappa shape index (κ1) is 23.1. The predicted molar refractivity (Wildman–Crippen MR) is 85.5 cm³/mol. The lowest BCUT2D eigenvalue weighted by molar-refractivity contribution is -0.159. The first-order valence-corrected chi connectivity index (χ1v) is 8.07. The average Bonchev–Trinajstić information content (AvgIpc) is 2.52. The van der Waals surface area contributed by atoms with Gasteiger partial charge in [0.05, 0.1) is 5.92 Å². The summed E-state index contributed by atoms with van der Waals surface area (Å²) in [4.78, 5) is 34.2. The fourth-order valence-corrected chi connectivity index (χ4v) is 1.29. The van der Waals surface area contributed by atoms with E-state index in [2.05, 4.69) is 0 Å². The van der Waals surface area contributed by atoms with Crippen LogP contribution in [0.2, 0.25) is 0 Å². The summed E-state index contributed by atoms with van der Waals surface area (Å²) in [7, 11) is 0. The molecular weight excluding hydrogens is 336 g/mol. The fraction of sp³-hybridized carbons (Fsp3) is 0.812. The van der Waals surface area contributed by atoms with Crippen LogP contribution >= 0.6 is 0 Å². The van der Waals surface area contributed by atoms with Crippen LogP contribution in [0.3, 0.4) is 0 Å². The van der Waals surface area contributed by atoms with Gasteiger partial charge in [-0.05, 0) is 26.7 Å². The molecule has 0 heterocycles. The number of esters is 2. The number of aliphatic hydroxyl groups is 2. The Morgan fingerprint density at radius 2 is 1.16 bits per heavy atom. The molecular formula is C16H28O9. The highest BCUT2D eigenvalue weighted by Crippen LogP contribution is 2.08. The highest BCUT2D eigenvalue weighted by Gasteiger charge is 2.21. The molecule has 9 heteroatoms. The van der Waals surface area contributed by atoms with E-state index in [1.54, 1.807) is 6.92 Å². The van der Waals surface area contributed by atoms with Crippen molar-refractivity contribution in [2.45, 2.75) is 52.9 Å². The van der Waals surface area contributed by atoms with Gasteiger partial charge in [-0.15, -0.1) is 0 Å². The quantitative estimate of drug-likeness (QED) is 0.424. The van der Waals surface area contributed by atoms with E-state index in [9.17, 15) is 14.4 Å². The first-order valence-electron chi connectivity index (χ1n) is 8.07. The van der Waals surface area contributed by atoms with Crippen LogP contribution in [0.1, 0.15) is 34.6 Å². The summed E-state index contributed by atoms with van der Waals surface area (Å²) < 4.78 is 19.6. The van der Waals surface area contributed by atoms with Gasteiger partial charge in [0.2, 0.25) is 0 Å². The Hall–Kier alpha value is -1.87. The molecule has 25 heavy (non-hydrogen) atoms. The lowest BCUT2D eigenvalue weighted by Gasteiger charge is -2.20. The van der Waals surface area contributed by atoms with Gasteiger partial charge in [0.15, 0.2) is 0 Å². The highest BCUT2D eigenvalue weighted by atomic mass is 16.7. The Morgan fingerprint density at radius 1 is 0.760 bits per heavy atom. The van der Waals surface area contributed by atoms with Crippen LogP contribution in [0.25, 0.3) is 0 Å². The number of hydrogen-bond donors (Lipinski definition) is 2. The van der Waals surface area contributed by atoms with Crippen LogP contribution in [-0.2, 0) is 28.5 Å². The Kier molecular flexibility index (Phi) is 10.8. The van der Waals surface area contributed by atoms with Crippen molar-refractivity contribution in [3.63, 3.8) is 0 Å². The Morgan fingerprint density at radius 3 is 1.52 bits per heavy atom. The summed E-state index contributed by atoms with van der Waals surface area (Å²) in [5.41, 5.74) is 0. The van der Waals surface area contributed by atoms with Crippen molar-refractivity contribution in [3.8, 4) is 0 Å². The largest absolute Gasteiger partial charge is 0.508 e. The Bertz CT molecular complexity index is 407. The minimum Gasteiger partial charge on any atom is -0.463 e. The normalized spacial score (nSPS) is 15.7. The van der Waals surface area contributed by atoms with Gasteiger partial charge in [-0.25, -0.2) is 14.4 Å². The summed E-state index contributed by atoms with van der Waals surface area (Å²) in [6, 6.07) is 0. The smallest absolute Gasteiger partial charge is 0.463 e. The molecule has 0 bridgehead atoms. The molecule has 0 rings (SSSR count). The summed E-state index contributed by atoms with van der Waals surface area (Å²) in [6.07, 6.45) is -3.85. The van der Waals surface area contributed by atoms with E-state index < -0.39 is 36.2 Å². The maximum absolute atomic E-state index is 11.6. The molecule has 0 aliphatic rings. The average molecular weight is 364 g/mol. The van der Waals surface area contributed by atoms with E-state index in [4.69, 9.17) is 29.2 Å². The van der Waals surface area contributed by atoms with Crippen LogP contribution in [0.5, 0.6) is 0 Å². The van der Waals surface area contributed by atoms with E-state index in [1.165, 1.54) is 13.8 Å². The lowest BCUT2D eigenvalue weighted by Crippen LogP contribution is -2.31. The zero-order chi connectivity index (χ0) is 19.6. The maximum atomic E-state index is 11.6. The number of hydrogen-bond acceptors (Lipinski definition) is 9. The molecule has 0 radical (unpaired) electrons. The summed E-state index contributed by atoms with van der Waals surface area (Å²) >= 11 is 0. The molecule has 9 nitrogen and oxygen atoms in total. The molecule has 0 aromatic rings. The van der Waals surface area contributed by atoms with Crippen LogP contribution in [0.15, 0.2) is 0 Å². The molecule has 146 valence electrons. The predicted octanol–water partition coefficient (Wildman–Crippen LogP) is 0.648. The molecule has 0 amide bonds. The van der Waals surface area contributed by atoms with E-state index in [0.717, 1.165) is 0 Å². The molecule has 0 aromatic heterocycles. The zero-order valence-corrected chi connectivity index (χ0v) is 15.3. The first-order chi connectivity index (χ1) is 11.5. The van der Waals surface area contributed by atoms with Gasteiger partial charge in [-0.3, -0.25) is 0 Å². The molecule has 3 atom stereocenters. The van der Waals surface area contributed by atoms with Crippen molar-refractivity contribution in [2.75, 3.05) is 19.8 Å². The SMILES string of the molecule is CC(O)C(=O)OCC(COC(=O)OC(C)C(C)C)COC(=O)C(C)O. The molecule has 0 fully saturated rings. The standard InChI is InChI=1S/C16H28O9/c1-9(2)12(5)25-16(21)24-8-13(6-22-14(19)10(3)17)7-23-15(20)11(4)18/h9-13,17-18H,6-8H2,1-5H3. The van der Waals surface area contributed by atoms with Gasteiger partial charge in [-0.2, -0.15) is 0 Å². The molecule has 0 aromatic carbocycles. The Balaban J connectivity index is 4.53. The minimum absolute atomic E-state index is 0.113. The molecule has 0 aliphatic carbocycles. The van der Waals surface area contributed by atoms with Crippen molar-refractivity contribution in [2.24, 2.45) is 11.8 Å². The third-order valence-corrected chi connectivity index (χ3v) is 3.26. The summed E-state index contributed by atoms with van der Waals surface area (Å²) in [5.74, 6) is -2.28. The molecule has 0 saturated heterocycles. The van der Waals surface area contributed by atoms with Gasteiger partial charge in [-0.1, -0.05) is 13.8 Å². The van der Waals surface area contributed by atoms with E-state index in [0.29, 0.717) is 0 Å². The molecule has 0 spiro atoms. The van der Waals surface area contributed by atoms with E-state index in [-0.39, 0.29) is 31.8 Å². The third-order valence-electron chi connectivity index (χ3n) is 3.26. The van der Waals surface area contributed by atoms with E-state index in [1.807, 2.05) is 13.8 Å². The van der Waals surface area contributed by atoms with Gasteiger partial charge >= 0.3 is 18.1 Å². The van der Waals surface area contributed by atoms with Gasteiger partial charge in [0.1, 0.15) is 38.1 Å². The van der Waals surface area contributed by atoms with Crippen LogP contribution < -0.4 is 0 Å². The van der Waals surface area contributed by atoms with Gasteiger partial charge < -0.3 is 29.2 Å². The van der Waals surface area contributed by atoms with Gasteiger partial charge in [0.25, 0.3) is 0 Å². The second kappa shape index (κ2) is 11.6. The molecule has 3 unspecified atom stereocenters. The molecule has 0 saturated carbocycles. The number of carbonyl (C=O) groups is 3. The summed E-state index contributed by atoms with van der Waals surface area (Å²) in [6.45, 7) is 7.24. The third kappa shape index (κ3) is 10.6. The number of ether oxygens (including phenoxy) is 4. The van der Waals surface area contributed by atoms with E-state index >= 15 is 0 Å². The van der Waals surface area contributed by atoms with Crippen LogP contribution in [-0.4, -0.2) is 66.4 Å². The van der Waals surface area contributed by atoms with Gasteiger partial charge in [0, 0.05) is 0 Å². The van der Waals surface area contributed by atoms with Crippen LogP contribution in [0, 0.1) is 11.8 Å². The maximum Gasteiger partial charge on any atom is 0.508 e. The van der Waals surface area contributed by atoms with Crippen molar-refractivity contribution in [1.82, 2.24) is 0 Å². The number of carbonyl (C=O) groups excluding carboxylic acids is 3. The number of aliphatic hydroxyl groups excluding tert-OH is 2. The molecule has 2 N–H and O–H groups in total. The second-order valence-corrected chi connectivity index (χ2v) is 6.11. The van der Waals surface area contributed by atoms with Crippen LogP contribution in [0.4, 0.5) is 4.79 Å². The Labute approximate surface area is 147 Å². The second-order valence-electron chi connectivity index (χ2n) is 6.11. The number of rotatable bonds is 10. The minimum atomic E-state index is -1.31. The zero-order valence-electron chi connectivity index (χ0n) is 15.3. The monoisotopic (exact) mass is 364 g/mol. The fourth-order valence-electron chi connectivity index (χ4n) is 1.29. The lowest BCUT2D eigenvalue weighted by atomic mass is 10.1. The van der Waals surface area contributed by atoms with Crippen molar-refractivity contribution in [3.05, 3.63) is 0 Å². The topological polar surface area (TPSA) is 129 Å². The van der Waals surface area contributed by atoms with Crippen molar-refractivity contribution in [1.29, 1.82) is 0 Å². The van der Waals surface area contributed by atoms with Crippen molar-refractivity contribution >= 4 is 18.1 Å². The van der Waals surface area contributed by atoms with Crippen molar-refractivity contribution < 1.29 is 43.5 Å². The highest BCUT2D eigenvalue weighted by molar-refractivity contribution is 5.74. The summed E-state index contributed by atoms with van der Waals surface area (Å²) in [5, 5.41) is 18.2.